The molecule has 4 rings (SSSR count). The number of rotatable bonds is 1. The zero-order chi connectivity index (χ0) is 16.9. The van der Waals surface area contributed by atoms with E-state index in [2.05, 4.69) is 4.98 Å². The first-order chi connectivity index (χ1) is 11.5. The average molecular weight is 324 g/mol. The number of carbonyl (C=O) groups excluding carboxylic acids is 1. The molecule has 0 saturated heterocycles. The van der Waals surface area contributed by atoms with Gasteiger partial charge in [-0.25, -0.2) is 14.4 Å². The summed E-state index contributed by atoms with van der Waals surface area (Å²) in [5, 5.41) is 0. The first kappa shape index (κ1) is 15.4. The van der Waals surface area contributed by atoms with Crippen LogP contribution in [-0.4, -0.2) is 15.8 Å². The maximum atomic E-state index is 14.0. The highest BCUT2D eigenvalue weighted by Crippen LogP contribution is 2.54. The van der Waals surface area contributed by atoms with Crippen LogP contribution in [0.4, 0.5) is 4.39 Å². The lowest BCUT2D eigenvalue weighted by Gasteiger charge is -2.50. The lowest BCUT2D eigenvalue weighted by Crippen LogP contribution is -2.50. The van der Waals surface area contributed by atoms with E-state index in [1.54, 1.807) is 12.1 Å². The van der Waals surface area contributed by atoms with Gasteiger partial charge >= 0.3 is 0 Å². The van der Waals surface area contributed by atoms with E-state index >= 15 is 0 Å². The van der Waals surface area contributed by atoms with Gasteiger partial charge in [0.1, 0.15) is 17.4 Å². The quantitative estimate of drug-likeness (QED) is 0.802. The van der Waals surface area contributed by atoms with Crippen molar-refractivity contribution in [3.05, 3.63) is 58.9 Å². The molecule has 2 aromatic rings. The van der Waals surface area contributed by atoms with Crippen molar-refractivity contribution >= 4 is 5.78 Å². The van der Waals surface area contributed by atoms with Crippen LogP contribution in [0.3, 0.4) is 0 Å². The van der Waals surface area contributed by atoms with Gasteiger partial charge in [-0.15, -0.1) is 0 Å². The van der Waals surface area contributed by atoms with Crippen molar-refractivity contribution < 1.29 is 9.18 Å². The van der Waals surface area contributed by atoms with Crippen LogP contribution in [0.2, 0.25) is 0 Å². The predicted molar refractivity (Wildman–Crippen MR) is 89.2 cm³/mol. The van der Waals surface area contributed by atoms with Gasteiger partial charge in [0, 0.05) is 24.0 Å². The zero-order valence-corrected chi connectivity index (χ0v) is 14.1. The van der Waals surface area contributed by atoms with Gasteiger partial charge in [-0.05, 0) is 55.4 Å². The third-order valence-electron chi connectivity index (χ3n) is 5.98. The standard InChI is InChI=1S/C20H21FN2O/c1-12-17-7-6-14-11-22-13(2)23-19(14)20(17,9-8-18(12)24)15-4-3-5-16(21)10-15/h3-5,10-12,17H,6-9H2,1-2H3/t12-,17-,20+/m0/s1. The maximum absolute atomic E-state index is 14.0. The maximum Gasteiger partial charge on any atom is 0.136 e. The van der Waals surface area contributed by atoms with E-state index in [1.165, 1.54) is 6.07 Å². The third-order valence-corrected chi connectivity index (χ3v) is 5.98. The van der Waals surface area contributed by atoms with Crippen molar-refractivity contribution in [1.29, 1.82) is 0 Å². The molecule has 0 radical (unpaired) electrons. The molecule has 0 aliphatic heterocycles. The Hall–Kier alpha value is -2.10. The van der Waals surface area contributed by atoms with Gasteiger partial charge in [-0.2, -0.15) is 0 Å². The average Bonchev–Trinajstić information content (AvgIpc) is 2.58. The van der Waals surface area contributed by atoms with E-state index in [4.69, 9.17) is 4.98 Å². The molecule has 2 aliphatic carbocycles. The summed E-state index contributed by atoms with van der Waals surface area (Å²) in [5.41, 5.74) is 2.72. The van der Waals surface area contributed by atoms with Gasteiger partial charge in [-0.1, -0.05) is 19.1 Å². The molecule has 3 atom stereocenters. The number of carbonyl (C=O) groups is 1. The van der Waals surface area contributed by atoms with Crippen LogP contribution in [-0.2, 0) is 16.6 Å². The van der Waals surface area contributed by atoms with Crippen LogP contribution in [0.5, 0.6) is 0 Å². The van der Waals surface area contributed by atoms with Gasteiger partial charge in [0.05, 0.1) is 5.69 Å². The fraction of sp³-hybridized carbons (Fsp3) is 0.450. The molecule has 4 heteroatoms. The molecular weight excluding hydrogens is 303 g/mol. The van der Waals surface area contributed by atoms with Crippen molar-refractivity contribution in [2.75, 3.05) is 0 Å². The molecule has 0 bridgehead atoms. The number of ketones is 1. The second kappa shape index (κ2) is 5.47. The van der Waals surface area contributed by atoms with Crippen LogP contribution < -0.4 is 0 Å². The monoisotopic (exact) mass is 324 g/mol. The van der Waals surface area contributed by atoms with Gasteiger partial charge in [-0.3, -0.25) is 4.79 Å². The van der Waals surface area contributed by atoms with Crippen molar-refractivity contribution in [2.45, 2.75) is 44.9 Å². The van der Waals surface area contributed by atoms with E-state index in [-0.39, 0.29) is 23.1 Å². The minimum atomic E-state index is -0.378. The van der Waals surface area contributed by atoms with Crippen molar-refractivity contribution in [1.82, 2.24) is 9.97 Å². The number of Topliss-reactive ketones (excluding diaryl/α,β-unsaturated/α-hetero) is 1. The third kappa shape index (κ3) is 2.12. The van der Waals surface area contributed by atoms with Crippen LogP contribution in [0.15, 0.2) is 30.5 Å². The number of aryl methyl sites for hydroxylation is 2. The number of halogens is 1. The first-order valence-electron chi connectivity index (χ1n) is 8.64. The van der Waals surface area contributed by atoms with Gasteiger partial charge < -0.3 is 0 Å². The second-order valence-electron chi connectivity index (χ2n) is 7.17. The van der Waals surface area contributed by atoms with E-state index in [1.807, 2.05) is 26.1 Å². The summed E-state index contributed by atoms with van der Waals surface area (Å²) >= 11 is 0. The molecule has 2 aliphatic rings. The van der Waals surface area contributed by atoms with Crippen molar-refractivity contribution in [2.24, 2.45) is 11.8 Å². The van der Waals surface area contributed by atoms with E-state index < -0.39 is 0 Å². The summed E-state index contributed by atoms with van der Waals surface area (Å²) in [5.74, 6) is 0.965. The van der Waals surface area contributed by atoms with E-state index in [0.29, 0.717) is 18.6 Å². The molecule has 0 amide bonds. The normalized spacial score (nSPS) is 29.0. The highest BCUT2D eigenvalue weighted by molar-refractivity contribution is 5.83. The highest BCUT2D eigenvalue weighted by Gasteiger charge is 2.53. The van der Waals surface area contributed by atoms with Crippen molar-refractivity contribution in [3.63, 3.8) is 0 Å². The Morgan fingerprint density at radius 2 is 2.12 bits per heavy atom. The van der Waals surface area contributed by atoms with Crippen LogP contribution in [0.1, 0.15) is 48.8 Å². The number of nitrogens with zero attached hydrogens (tertiary/aromatic N) is 2. The Kier molecular flexibility index (Phi) is 3.52. The molecular formula is C20H21FN2O. The number of fused-ring (bicyclic) bond motifs is 3. The smallest absolute Gasteiger partial charge is 0.136 e. The van der Waals surface area contributed by atoms with Gasteiger partial charge in [0.25, 0.3) is 0 Å². The Bertz CT molecular complexity index is 819. The molecule has 124 valence electrons. The topological polar surface area (TPSA) is 42.9 Å². The Morgan fingerprint density at radius 1 is 1.29 bits per heavy atom. The van der Waals surface area contributed by atoms with Crippen LogP contribution in [0, 0.1) is 24.6 Å². The fourth-order valence-electron chi connectivity index (χ4n) is 4.81. The molecule has 0 unspecified atom stereocenters. The summed E-state index contributed by atoms with van der Waals surface area (Å²) in [7, 11) is 0. The minimum Gasteiger partial charge on any atom is -0.299 e. The number of aromatic nitrogens is 2. The Balaban J connectivity index is 2.00. The lowest BCUT2D eigenvalue weighted by atomic mass is 9.53. The molecule has 0 spiro atoms. The molecule has 3 nitrogen and oxygen atoms in total. The Labute approximate surface area is 141 Å². The SMILES string of the molecule is Cc1ncc2c(n1)[C@@]1(c3cccc(F)c3)CCC(=O)[C@@H](C)[C@@H]1CC2. The summed E-state index contributed by atoms with van der Waals surface area (Å²) in [6.45, 7) is 3.92. The fourth-order valence-corrected chi connectivity index (χ4v) is 4.81. The zero-order valence-electron chi connectivity index (χ0n) is 14.1. The molecule has 1 aromatic heterocycles. The molecule has 24 heavy (non-hydrogen) atoms. The largest absolute Gasteiger partial charge is 0.299 e. The lowest BCUT2D eigenvalue weighted by molar-refractivity contribution is -0.128. The number of benzene rings is 1. The first-order valence-corrected chi connectivity index (χ1v) is 8.64. The van der Waals surface area contributed by atoms with Crippen molar-refractivity contribution in [3.8, 4) is 0 Å². The van der Waals surface area contributed by atoms with Gasteiger partial charge in [0.2, 0.25) is 0 Å². The van der Waals surface area contributed by atoms with Gasteiger partial charge in [0.15, 0.2) is 0 Å². The van der Waals surface area contributed by atoms with Crippen LogP contribution in [0.25, 0.3) is 0 Å². The number of hydrogen-bond donors (Lipinski definition) is 0. The second-order valence-corrected chi connectivity index (χ2v) is 7.17. The van der Waals surface area contributed by atoms with Crippen LogP contribution >= 0.6 is 0 Å². The minimum absolute atomic E-state index is 0.0227. The van der Waals surface area contributed by atoms with E-state index in [0.717, 1.165) is 35.5 Å². The molecule has 1 fully saturated rings. The van der Waals surface area contributed by atoms with E-state index in [9.17, 15) is 9.18 Å². The molecule has 0 N–H and O–H groups in total. The molecule has 1 heterocycles. The Morgan fingerprint density at radius 3 is 2.92 bits per heavy atom. The predicted octanol–water partition coefficient (Wildman–Crippen LogP) is 3.77. The summed E-state index contributed by atoms with van der Waals surface area (Å²) < 4.78 is 14.0. The molecule has 1 saturated carbocycles. The summed E-state index contributed by atoms with van der Waals surface area (Å²) in [4.78, 5) is 21.5. The number of hydrogen-bond acceptors (Lipinski definition) is 3. The summed E-state index contributed by atoms with van der Waals surface area (Å²) in [6, 6.07) is 6.86. The molecule has 1 aromatic carbocycles. The highest BCUT2D eigenvalue weighted by atomic mass is 19.1. The summed E-state index contributed by atoms with van der Waals surface area (Å²) in [6.07, 6.45) is 4.94.